The van der Waals surface area contributed by atoms with Gasteiger partial charge in [0.25, 0.3) is 0 Å². The Balaban J connectivity index is 2.96. The lowest BCUT2D eigenvalue weighted by Gasteiger charge is -2.30. The van der Waals surface area contributed by atoms with Crippen LogP contribution in [-0.2, 0) is 6.42 Å². The van der Waals surface area contributed by atoms with E-state index in [0.717, 1.165) is 30.6 Å². The molecular formula is C16H27FN2S. The van der Waals surface area contributed by atoms with Crippen LogP contribution in [-0.4, -0.2) is 31.1 Å². The molecule has 0 heterocycles. The maximum absolute atomic E-state index is 14.2. The smallest absolute Gasteiger partial charge is 0.146 e. The third kappa shape index (κ3) is 4.67. The first-order valence-electron chi connectivity index (χ1n) is 7.26. The highest BCUT2D eigenvalue weighted by Gasteiger charge is 2.18. The van der Waals surface area contributed by atoms with Crippen LogP contribution in [0.1, 0.15) is 32.3 Å². The summed E-state index contributed by atoms with van der Waals surface area (Å²) in [6.07, 6.45) is 4.78. The van der Waals surface area contributed by atoms with Gasteiger partial charge >= 0.3 is 0 Å². The minimum absolute atomic E-state index is 0.0884. The van der Waals surface area contributed by atoms with Gasteiger partial charge in [0.1, 0.15) is 5.82 Å². The Bertz CT molecular complexity index is 411. The van der Waals surface area contributed by atoms with E-state index in [2.05, 4.69) is 25.0 Å². The first-order chi connectivity index (χ1) is 9.51. The summed E-state index contributed by atoms with van der Waals surface area (Å²) in [5.74, 6) is 0.938. The van der Waals surface area contributed by atoms with Crippen LogP contribution in [0, 0.1) is 5.82 Å². The normalized spacial score (nSPS) is 14.1. The average molecular weight is 298 g/mol. The van der Waals surface area contributed by atoms with Gasteiger partial charge in [0, 0.05) is 19.1 Å². The molecule has 2 N–H and O–H groups in total. The van der Waals surface area contributed by atoms with E-state index in [1.165, 1.54) is 6.07 Å². The molecule has 0 aliphatic carbocycles. The molecule has 0 bridgehead atoms. The molecule has 0 radical (unpaired) electrons. The highest BCUT2D eigenvalue weighted by atomic mass is 32.2. The van der Waals surface area contributed by atoms with Crippen molar-refractivity contribution in [2.24, 2.45) is 5.73 Å². The van der Waals surface area contributed by atoms with Crippen LogP contribution in [0.15, 0.2) is 18.2 Å². The van der Waals surface area contributed by atoms with Crippen molar-refractivity contribution in [1.29, 1.82) is 0 Å². The van der Waals surface area contributed by atoms with Crippen LogP contribution in [0.3, 0.4) is 0 Å². The summed E-state index contributed by atoms with van der Waals surface area (Å²) in [5.41, 5.74) is 7.76. The van der Waals surface area contributed by atoms with Crippen molar-refractivity contribution >= 4 is 17.4 Å². The van der Waals surface area contributed by atoms with E-state index >= 15 is 0 Å². The molecule has 1 aromatic carbocycles. The summed E-state index contributed by atoms with van der Waals surface area (Å²) < 4.78 is 14.2. The molecule has 2 unspecified atom stereocenters. The summed E-state index contributed by atoms with van der Waals surface area (Å²) in [6, 6.07) is 5.71. The molecule has 2 nitrogen and oxygen atoms in total. The molecule has 4 heteroatoms. The molecule has 0 aliphatic rings. The Morgan fingerprint density at radius 3 is 2.70 bits per heavy atom. The zero-order chi connectivity index (χ0) is 15.1. The third-order valence-corrected chi connectivity index (χ3v) is 4.47. The fraction of sp³-hybridized carbons (Fsp3) is 0.625. The number of hydrogen-bond donors (Lipinski definition) is 1. The number of halogens is 1. The van der Waals surface area contributed by atoms with Crippen molar-refractivity contribution in [3.8, 4) is 0 Å². The summed E-state index contributed by atoms with van der Waals surface area (Å²) in [7, 11) is 1.98. The number of anilines is 1. The van der Waals surface area contributed by atoms with Gasteiger partial charge in [-0.05, 0) is 49.8 Å². The van der Waals surface area contributed by atoms with Crippen molar-refractivity contribution in [3.63, 3.8) is 0 Å². The molecule has 0 aliphatic heterocycles. The summed E-state index contributed by atoms with van der Waals surface area (Å²) in [4.78, 5) is 2.06. The van der Waals surface area contributed by atoms with Gasteiger partial charge in [0.2, 0.25) is 0 Å². The van der Waals surface area contributed by atoms with Crippen LogP contribution in [0.4, 0.5) is 10.1 Å². The lowest BCUT2D eigenvalue weighted by Crippen LogP contribution is -2.32. The van der Waals surface area contributed by atoms with E-state index in [9.17, 15) is 4.39 Å². The minimum atomic E-state index is -0.149. The van der Waals surface area contributed by atoms with Crippen LogP contribution in [0.5, 0.6) is 0 Å². The Hall–Kier alpha value is -0.740. The first-order valence-corrected chi connectivity index (χ1v) is 8.65. The van der Waals surface area contributed by atoms with Gasteiger partial charge in [0.15, 0.2) is 0 Å². The van der Waals surface area contributed by atoms with Crippen LogP contribution >= 0.6 is 11.8 Å². The van der Waals surface area contributed by atoms with Gasteiger partial charge in [-0.25, -0.2) is 4.39 Å². The second kappa shape index (κ2) is 8.53. The lowest BCUT2D eigenvalue weighted by molar-refractivity contribution is 0.589. The molecule has 114 valence electrons. The van der Waals surface area contributed by atoms with Gasteiger partial charge in [-0.2, -0.15) is 11.8 Å². The molecule has 1 rings (SSSR count). The lowest BCUT2D eigenvalue weighted by atomic mass is 10.0. The van der Waals surface area contributed by atoms with E-state index in [1.54, 1.807) is 6.07 Å². The Morgan fingerprint density at radius 2 is 2.10 bits per heavy atom. The zero-order valence-corrected chi connectivity index (χ0v) is 13.8. The number of nitrogens with two attached hydrogens (primary N) is 1. The highest BCUT2D eigenvalue weighted by Crippen LogP contribution is 2.27. The van der Waals surface area contributed by atoms with Gasteiger partial charge < -0.3 is 10.6 Å². The van der Waals surface area contributed by atoms with Gasteiger partial charge in [-0.1, -0.05) is 19.1 Å². The molecule has 0 saturated carbocycles. The molecule has 2 atom stereocenters. The maximum Gasteiger partial charge on any atom is 0.146 e. The highest BCUT2D eigenvalue weighted by molar-refractivity contribution is 7.98. The SMILES string of the molecule is CCC(N)Cc1cccc(F)c1N(C)C(C)CCSC. The number of hydrogen-bond acceptors (Lipinski definition) is 3. The standard InChI is InChI=1S/C16H27FN2S/c1-5-14(18)11-13-7-6-8-15(17)16(13)19(3)12(2)9-10-20-4/h6-8,12,14H,5,9-11,18H2,1-4H3. The number of nitrogens with zero attached hydrogens (tertiary/aromatic N) is 1. The quantitative estimate of drug-likeness (QED) is 0.794. The number of rotatable bonds is 8. The van der Waals surface area contributed by atoms with Crippen molar-refractivity contribution in [2.45, 2.75) is 45.2 Å². The Labute approximate surface area is 126 Å². The summed E-state index contributed by atoms with van der Waals surface area (Å²) in [6.45, 7) is 4.21. The molecule has 1 aromatic rings. The number of thioether (sulfide) groups is 1. The molecule has 0 aromatic heterocycles. The summed E-state index contributed by atoms with van der Waals surface area (Å²) in [5, 5.41) is 0. The van der Waals surface area contributed by atoms with E-state index in [4.69, 9.17) is 5.73 Å². The van der Waals surface area contributed by atoms with Crippen molar-refractivity contribution in [1.82, 2.24) is 0 Å². The monoisotopic (exact) mass is 298 g/mol. The first kappa shape index (κ1) is 17.3. The van der Waals surface area contributed by atoms with Crippen LogP contribution in [0.2, 0.25) is 0 Å². The van der Waals surface area contributed by atoms with Crippen LogP contribution in [0.25, 0.3) is 0 Å². The van der Waals surface area contributed by atoms with Gasteiger partial charge in [-0.15, -0.1) is 0 Å². The predicted octanol–water partition coefficient (Wildman–Crippen LogP) is 3.68. The maximum atomic E-state index is 14.2. The minimum Gasteiger partial charge on any atom is -0.369 e. The number of para-hydroxylation sites is 1. The van der Waals surface area contributed by atoms with Gasteiger partial charge in [0.05, 0.1) is 5.69 Å². The van der Waals surface area contributed by atoms with E-state index in [0.29, 0.717) is 11.7 Å². The molecular weight excluding hydrogens is 271 g/mol. The molecule has 0 fully saturated rings. The molecule has 0 amide bonds. The predicted molar refractivity (Wildman–Crippen MR) is 89.2 cm³/mol. The second-order valence-corrected chi connectivity index (χ2v) is 6.35. The topological polar surface area (TPSA) is 29.3 Å². The third-order valence-electron chi connectivity index (χ3n) is 3.83. The van der Waals surface area contributed by atoms with Crippen LogP contribution < -0.4 is 10.6 Å². The summed E-state index contributed by atoms with van der Waals surface area (Å²) >= 11 is 1.82. The second-order valence-electron chi connectivity index (χ2n) is 5.36. The van der Waals surface area contributed by atoms with E-state index in [1.807, 2.05) is 24.9 Å². The molecule has 0 saturated heterocycles. The Morgan fingerprint density at radius 1 is 1.40 bits per heavy atom. The Kier molecular flexibility index (Phi) is 7.38. The van der Waals surface area contributed by atoms with E-state index < -0.39 is 0 Å². The fourth-order valence-electron chi connectivity index (χ4n) is 2.25. The molecule has 0 spiro atoms. The van der Waals surface area contributed by atoms with Gasteiger partial charge in [-0.3, -0.25) is 0 Å². The van der Waals surface area contributed by atoms with Crippen molar-refractivity contribution in [3.05, 3.63) is 29.6 Å². The van der Waals surface area contributed by atoms with Crippen molar-refractivity contribution in [2.75, 3.05) is 24.0 Å². The van der Waals surface area contributed by atoms with Crippen molar-refractivity contribution < 1.29 is 4.39 Å². The average Bonchev–Trinajstić information content (AvgIpc) is 2.44. The van der Waals surface area contributed by atoms with E-state index in [-0.39, 0.29) is 11.9 Å². The zero-order valence-electron chi connectivity index (χ0n) is 13.0. The number of benzene rings is 1. The molecule has 20 heavy (non-hydrogen) atoms. The largest absolute Gasteiger partial charge is 0.369 e. The fourth-order valence-corrected chi connectivity index (χ4v) is 2.83.